The number of aromatic nitrogens is 2. The fourth-order valence-corrected chi connectivity index (χ4v) is 7.97. The van der Waals surface area contributed by atoms with E-state index in [9.17, 15) is 19.2 Å². The maximum atomic E-state index is 13.7. The van der Waals surface area contributed by atoms with E-state index < -0.39 is 30.2 Å². The van der Waals surface area contributed by atoms with Crippen molar-refractivity contribution in [3.8, 4) is 0 Å². The van der Waals surface area contributed by atoms with Crippen LogP contribution >= 0.6 is 7.05 Å². The lowest BCUT2D eigenvalue weighted by molar-refractivity contribution is -0.136. The summed E-state index contributed by atoms with van der Waals surface area (Å²) >= 11 is 0. The maximum Gasteiger partial charge on any atom is 0.339 e. The van der Waals surface area contributed by atoms with Crippen molar-refractivity contribution in [3.05, 3.63) is 123 Å². The Morgan fingerprint density at radius 3 is 1.57 bits per heavy atom. The summed E-state index contributed by atoms with van der Waals surface area (Å²) in [5.41, 5.74) is -2.10. The summed E-state index contributed by atoms with van der Waals surface area (Å²) in [6.07, 6.45) is 0.875. The number of ether oxygens (including phenoxy) is 2. The minimum atomic E-state index is -2.98. The molecule has 3 aromatic carbocycles. The summed E-state index contributed by atoms with van der Waals surface area (Å²) in [4.78, 5) is 52.2. The summed E-state index contributed by atoms with van der Waals surface area (Å²) in [5.74, 6) is -1.91. The number of esters is 2. The van der Waals surface area contributed by atoms with E-state index in [4.69, 9.17) is 14.2 Å². The maximum absolute atomic E-state index is 13.7. The first-order valence-corrected chi connectivity index (χ1v) is 14.0. The van der Waals surface area contributed by atoms with Crippen molar-refractivity contribution in [2.24, 2.45) is 18.8 Å². The molecule has 0 aliphatic carbocycles. The Kier molecular flexibility index (Phi) is 8.46. The molecule has 0 radical (unpaired) electrons. The molecule has 0 saturated heterocycles. The molecule has 0 unspecified atom stereocenters. The van der Waals surface area contributed by atoms with Crippen LogP contribution in [0.3, 0.4) is 0 Å². The molecule has 4 aromatic rings. The lowest BCUT2D eigenvalue weighted by Gasteiger charge is -2.28. The van der Waals surface area contributed by atoms with Gasteiger partial charge in [-0.2, -0.15) is 0 Å². The van der Waals surface area contributed by atoms with E-state index in [0.717, 1.165) is 40.8 Å². The van der Waals surface area contributed by atoms with Crippen molar-refractivity contribution in [3.63, 3.8) is 0 Å². The highest BCUT2D eigenvalue weighted by molar-refractivity contribution is 7.87. The molecule has 1 aromatic heterocycles. The zero-order valence-corrected chi connectivity index (χ0v) is 23.4. The minimum Gasteiger partial charge on any atom is -0.466 e. The Morgan fingerprint density at radius 1 is 0.725 bits per heavy atom. The fraction of sp³-hybridized carbons (Fsp3) is 0.133. The smallest absolute Gasteiger partial charge is 0.339 e. The molecule has 0 atom stereocenters. The summed E-state index contributed by atoms with van der Waals surface area (Å²) in [6.45, 7) is 0. The van der Waals surface area contributed by atoms with Crippen molar-refractivity contribution in [1.82, 2.24) is 9.13 Å². The molecular formula is C30H28N3O6P. The third kappa shape index (κ3) is 5.11. The van der Waals surface area contributed by atoms with Gasteiger partial charge in [-0.25, -0.2) is 19.1 Å². The lowest BCUT2D eigenvalue weighted by Crippen LogP contribution is -2.39. The predicted octanol–water partition coefficient (Wildman–Crippen LogP) is 2.62. The van der Waals surface area contributed by atoms with Gasteiger partial charge in [-0.15, -0.1) is 0 Å². The number of hydrogen-bond donors (Lipinski definition) is 0. The first-order valence-electron chi connectivity index (χ1n) is 12.2. The third-order valence-electron chi connectivity index (χ3n) is 6.41. The third-order valence-corrected chi connectivity index (χ3v) is 10.0. The molecule has 0 fully saturated rings. The van der Waals surface area contributed by atoms with Crippen LogP contribution in [0.25, 0.3) is 5.57 Å². The van der Waals surface area contributed by atoms with E-state index in [1.807, 2.05) is 91.0 Å². The predicted molar refractivity (Wildman–Crippen MR) is 156 cm³/mol. The van der Waals surface area contributed by atoms with Crippen LogP contribution in [0.2, 0.25) is 0 Å². The van der Waals surface area contributed by atoms with Gasteiger partial charge in [0.05, 0.1) is 32.4 Å². The molecule has 0 saturated carbocycles. The van der Waals surface area contributed by atoms with Crippen LogP contribution in [0.1, 0.15) is 5.56 Å². The van der Waals surface area contributed by atoms with E-state index in [0.29, 0.717) is 0 Å². The van der Waals surface area contributed by atoms with E-state index in [1.165, 1.54) is 18.7 Å². The van der Waals surface area contributed by atoms with Crippen LogP contribution in [-0.2, 0) is 33.2 Å². The zero-order valence-electron chi connectivity index (χ0n) is 22.5. The van der Waals surface area contributed by atoms with Gasteiger partial charge in [-0.3, -0.25) is 13.9 Å². The largest absolute Gasteiger partial charge is 0.466 e. The number of nitrogens with zero attached hydrogens (tertiary/aromatic N) is 3. The molecule has 4 rings (SSSR count). The topological polar surface area (TPSA) is 109 Å². The van der Waals surface area contributed by atoms with Crippen LogP contribution in [-0.4, -0.2) is 35.3 Å². The highest BCUT2D eigenvalue weighted by Crippen LogP contribution is 2.49. The normalized spacial score (nSPS) is 11.6. The summed E-state index contributed by atoms with van der Waals surface area (Å²) in [6, 6.07) is 28.7. The average Bonchev–Trinajstić information content (AvgIpc) is 3.01. The van der Waals surface area contributed by atoms with Crippen LogP contribution < -0.4 is 27.2 Å². The van der Waals surface area contributed by atoms with E-state index in [2.05, 4.69) is 0 Å². The molecule has 204 valence electrons. The van der Waals surface area contributed by atoms with Crippen LogP contribution in [0, 0.1) is 0 Å². The molecule has 0 spiro atoms. The van der Waals surface area contributed by atoms with Crippen LogP contribution in [0.5, 0.6) is 0 Å². The van der Waals surface area contributed by atoms with Gasteiger partial charge in [-0.1, -0.05) is 91.0 Å². The van der Waals surface area contributed by atoms with Crippen LogP contribution in [0.4, 0.5) is 5.82 Å². The molecule has 9 nitrogen and oxygen atoms in total. The molecule has 40 heavy (non-hydrogen) atoms. The van der Waals surface area contributed by atoms with Crippen molar-refractivity contribution < 1.29 is 19.1 Å². The molecule has 0 bridgehead atoms. The molecule has 0 N–H and O–H groups in total. The molecule has 0 aliphatic rings. The van der Waals surface area contributed by atoms with Gasteiger partial charge in [-0.05, 0) is 0 Å². The van der Waals surface area contributed by atoms with Crippen molar-refractivity contribution in [2.75, 3.05) is 14.2 Å². The molecule has 10 heteroatoms. The second-order valence-electron chi connectivity index (χ2n) is 8.72. The Bertz CT molecular complexity index is 1660. The number of rotatable bonds is 7. The second kappa shape index (κ2) is 12.0. The molecule has 0 amide bonds. The van der Waals surface area contributed by atoms with Crippen LogP contribution in [0.15, 0.2) is 111 Å². The number of carbonyl (C=O) groups is 2. The summed E-state index contributed by atoms with van der Waals surface area (Å²) in [5, 5.41) is 2.55. The van der Waals surface area contributed by atoms with Gasteiger partial charge in [0.1, 0.15) is 5.82 Å². The van der Waals surface area contributed by atoms with Gasteiger partial charge >= 0.3 is 17.6 Å². The summed E-state index contributed by atoms with van der Waals surface area (Å²) < 4.78 is 17.0. The quantitative estimate of drug-likeness (QED) is 0.196. The first kappa shape index (κ1) is 28.3. The number of carbonyl (C=O) groups excluding carboxylic acids is 2. The Labute approximate surface area is 231 Å². The number of hydrogen-bond acceptors (Lipinski definition) is 7. The second-order valence-corrected chi connectivity index (χ2v) is 11.7. The Balaban J connectivity index is 2.32. The van der Waals surface area contributed by atoms with Gasteiger partial charge < -0.3 is 9.47 Å². The fourth-order valence-electron chi connectivity index (χ4n) is 4.40. The van der Waals surface area contributed by atoms with Gasteiger partial charge in [0.25, 0.3) is 5.56 Å². The van der Waals surface area contributed by atoms with Gasteiger partial charge in [0.15, 0.2) is 0 Å². The zero-order chi connectivity index (χ0) is 28.9. The monoisotopic (exact) mass is 557 g/mol. The van der Waals surface area contributed by atoms with E-state index in [1.54, 1.807) is 0 Å². The molecular weight excluding hydrogens is 529 g/mol. The lowest BCUT2D eigenvalue weighted by atomic mass is 10.1. The SMILES string of the molecule is COC(=O)/C=C(/C(=O)OC)c1c(N=P(c2ccccc2)(c2ccccc2)c2ccccc2)n(C)c(=O)n(C)c1=O. The number of methoxy groups -OCH3 is 2. The minimum absolute atomic E-state index is 0.0708. The van der Waals surface area contributed by atoms with Crippen molar-refractivity contribution >= 4 is 46.3 Å². The van der Waals surface area contributed by atoms with E-state index >= 15 is 0 Å². The van der Waals surface area contributed by atoms with Crippen molar-refractivity contribution in [2.45, 2.75) is 0 Å². The summed E-state index contributed by atoms with van der Waals surface area (Å²) in [7, 11) is 2.05. The highest BCUT2D eigenvalue weighted by atomic mass is 31.2. The number of benzene rings is 3. The Morgan fingerprint density at radius 2 is 1.18 bits per heavy atom. The van der Waals surface area contributed by atoms with Gasteiger partial charge in [0, 0.05) is 36.1 Å². The standard InChI is InChI=1S/C30H28N3O6P/c1-32-27(26(28(35)33(2)30(32)37)24(29(36)39-4)20-25(34)38-3)31-40(21-14-8-5-9-15-21,22-16-10-6-11-17-22)23-18-12-7-13-19-23/h5-20H,1-4H3/b24-20+. The Hall–Kier alpha value is -4.75. The van der Waals surface area contributed by atoms with Crippen molar-refractivity contribution in [1.29, 1.82) is 0 Å². The average molecular weight is 558 g/mol. The first-order chi connectivity index (χ1) is 19.3. The molecule has 0 aliphatic heterocycles. The van der Waals surface area contributed by atoms with E-state index in [-0.39, 0.29) is 17.0 Å². The molecule has 1 heterocycles. The highest BCUT2D eigenvalue weighted by Gasteiger charge is 2.31. The van der Waals surface area contributed by atoms with Gasteiger partial charge in [0.2, 0.25) is 0 Å².